The summed E-state index contributed by atoms with van der Waals surface area (Å²) in [6, 6.07) is 1.08. The first-order valence-electron chi connectivity index (χ1n) is 3.58. The van der Waals surface area contributed by atoms with Crippen molar-refractivity contribution in [3.63, 3.8) is 0 Å². The van der Waals surface area contributed by atoms with Crippen molar-refractivity contribution in [3.05, 3.63) is 34.0 Å². The normalized spacial score (nSPS) is 9.69. The molecule has 0 unspecified atom stereocenters. The molecule has 0 atom stereocenters. The van der Waals surface area contributed by atoms with Crippen LogP contribution in [0.2, 0.25) is 0 Å². The largest absolute Gasteiger partial charge is 0.469 e. The number of aromatic nitrogens is 1. The van der Waals surface area contributed by atoms with Crippen molar-refractivity contribution in [2.75, 3.05) is 7.11 Å². The van der Waals surface area contributed by atoms with Crippen molar-refractivity contribution in [2.45, 2.75) is 6.42 Å². The predicted molar refractivity (Wildman–Crippen MR) is 42.7 cm³/mol. The van der Waals surface area contributed by atoms with Crippen LogP contribution in [-0.4, -0.2) is 18.1 Å². The van der Waals surface area contributed by atoms with Crippen LogP contribution >= 0.6 is 0 Å². The van der Waals surface area contributed by atoms with Gasteiger partial charge in [0.25, 0.3) is 5.56 Å². The number of halogens is 1. The standard InChI is InChI=1S/C8H8FNO3/c1-13-7(11)4-5-6(9)2-3-10-8(5)12/h2-3H,4H2,1H3,(H,10,12). The summed E-state index contributed by atoms with van der Waals surface area (Å²) in [5.74, 6) is -1.34. The Labute approximate surface area is 73.3 Å². The molecule has 0 aliphatic rings. The van der Waals surface area contributed by atoms with E-state index in [-0.39, 0.29) is 12.0 Å². The molecule has 5 heteroatoms. The number of H-pyrrole nitrogens is 1. The van der Waals surface area contributed by atoms with Gasteiger partial charge in [0, 0.05) is 6.20 Å². The number of methoxy groups -OCH3 is 1. The van der Waals surface area contributed by atoms with Crippen LogP contribution in [0.1, 0.15) is 5.56 Å². The second-order valence-corrected chi connectivity index (χ2v) is 2.39. The lowest BCUT2D eigenvalue weighted by Crippen LogP contribution is -2.18. The average molecular weight is 185 g/mol. The monoisotopic (exact) mass is 185 g/mol. The van der Waals surface area contributed by atoms with Crippen molar-refractivity contribution in [1.82, 2.24) is 4.98 Å². The Morgan fingerprint density at radius 1 is 1.69 bits per heavy atom. The zero-order valence-corrected chi connectivity index (χ0v) is 6.96. The summed E-state index contributed by atoms with van der Waals surface area (Å²) in [6.07, 6.45) is 0.830. The first-order valence-corrected chi connectivity index (χ1v) is 3.58. The summed E-state index contributed by atoms with van der Waals surface area (Å²) >= 11 is 0. The third kappa shape index (κ3) is 2.14. The van der Waals surface area contributed by atoms with E-state index in [1.54, 1.807) is 0 Å². The minimum Gasteiger partial charge on any atom is -0.469 e. The highest BCUT2D eigenvalue weighted by Gasteiger charge is 2.11. The lowest BCUT2D eigenvalue weighted by Gasteiger charge is -1.99. The van der Waals surface area contributed by atoms with Crippen LogP contribution in [0.25, 0.3) is 0 Å². The molecule has 0 fully saturated rings. The van der Waals surface area contributed by atoms with Gasteiger partial charge in [-0.2, -0.15) is 0 Å². The Morgan fingerprint density at radius 3 is 2.92 bits per heavy atom. The van der Waals surface area contributed by atoms with Gasteiger partial charge in [-0.25, -0.2) is 4.39 Å². The number of ether oxygens (including phenoxy) is 1. The average Bonchev–Trinajstić information content (AvgIpc) is 2.11. The lowest BCUT2D eigenvalue weighted by atomic mass is 10.2. The zero-order chi connectivity index (χ0) is 9.84. The van der Waals surface area contributed by atoms with Gasteiger partial charge in [0.1, 0.15) is 5.82 Å². The van der Waals surface area contributed by atoms with Gasteiger partial charge in [0.15, 0.2) is 0 Å². The summed E-state index contributed by atoms with van der Waals surface area (Å²) in [6.45, 7) is 0. The number of pyridine rings is 1. The summed E-state index contributed by atoms with van der Waals surface area (Å²) in [4.78, 5) is 24.0. The molecule has 1 rings (SSSR count). The first kappa shape index (κ1) is 9.44. The van der Waals surface area contributed by atoms with E-state index in [2.05, 4.69) is 9.72 Å². The highest BCUT2D eigenvalue weighted by atomic mass is 19.1. The van der Waals surface area contributed by atoms with E-state index in [0.29, 0.717) is 0 Å². The van der Waals surface area contributed by atoms with E-state index >= 15 is 0 Å². The maximum Gasteiger partial charge on any atom is 0.310 e. The molecule has 0 spiro atoms. The SMILES string of the molecule is COC(=O)Cc1c(F)cc[nH]c1=O. The molecule has 1 aromatic rings. The molecule has 13 heavy (non-hydrogen) atoms. The highest BCUT2D eigenvalue weighted by molar-refractivity contribution is 5.72. The maximum absolute atomic E-state index is 12.9. The first-order chi connectivity index (χ1) is 6.15. The maximum atomic E-state index is 12.9. The lowest BCUT2D eigenvalue weighted by molar-refractivity contribution is -0.139. The summed E-state index contributed by atoms with van der Waals surface area (Å²) < 4.78 is 17.2. The molecular formula is C8H8FNO3. The van der Waals surface area contributed by atoms with Crippen LogP contribution in [0.4, 0.5) is 4.39 Å². The molecule has 0 saturated heterocycles. The minimum absolute atomic E-state index is 0.200. The summed E-state index contributed by atoms with van der Waals surface area (Å²) in [5.41, 5.74) is -0.806. The van der Waals surface area contributed by atoms with Crippen molar-refractivity contribution < 1.29 is 13.9 Å². The van der Waals surface area contributed by atoms with E-state index in [0.717, 1.165) is 6.07 Å². The van der Waals surface area contributed by atoms with Gasteiger partial charge in [-0.05, 0) is 6.07 Å². The van der Waals surface area contributed by atoms with E-state index < -0.39 is 17.3 Å². The molecule has 0 aromatic carbocycles. The van der Waals surface area contributed by atoms with Gasteiger partial charge in [-0.15, -0.1) is 0 Å². The molecule has 0 aliphatic heterocycles. The highest BCUT2D eigenvalue weighted by Crippen LogP contribution is 2.00. The van der Waals surface area contributed by atoms with E-state index in [9.17, 15) is 14.0 Å². The third-order valence-corrected chi connectivity index (χ3v) is 1.56. The van der Waals surface area contributed by atoms with Crippen molar-refractivity contribution >= 4 is 5.97 Å². The van der Waals surface area contributed by atoms with Crippen LogP contribution in [0.3, 0.4) is 0 Å². The van der Waals surface area contributed by atoms with Gasteiger partial charge >= 0.3 is 5.97 Å². The van der Waals surface area contributed by atoms with Crippen LogP contribution in [-0.2, 0) is 16.0 Å². The number of esters is 1. The molecule has 4 nitrogen and oxygen atoms in total. The molecule has 0 saturated carbocycles. The molecule has 1 aromatic heterocycles. The Kier molecular flexibility index (Phi) is 2.79. The fraction of sp³-hybridized carbons (Fsp3) is 0.250. The molecule has 0 aliphatic carbocycles. The Morgan fingerprint density at radius 2 is 2.38 bits per heavy atom. The van der Waals surface area contributed by atoms with Gasteiger partial charge in [0.05, 0.1) is 19.1 Å². The number of hydrogen-bond donors (Lipinski definition) is 1. The van der Waals surface area contributed by atoms with Crippen LogP contribution in [0, 0.1) is 5.82 Å². The molecule has 0 amide bonds. The molecule has 0 bridgehead atoms. The number of carbonyl (C=O) groups excluding carboxylic acids is 1. The van der Waals surface area contributed by atoms with Crippen LogP contribution in [0.15, 0.2) is 17.1 Å². The fourth-order valence-electron chi connectivity index (χ4n) is 0.868. The number of aromatic amines is 1. The van der Waals surface area contributed by atoms with Gasteiger partial charge in [-0.3, -0.25) is 9.59 Å². The quantitative estimate of drug-likeness (QED) is 0.671. The van der Waals surface area contributed by atoms with Gasteiger partial charge in [0.2, 0.25) is 0 Å². The molecule has 1 N–H and O–H groups in total. The second kappa shape index (κ2) is 3.84. The Hall–Kier alpha value is -1.65. The summed E-state index contributed by atoms with van der Waals surface area (Å²) in [5, 5.41) is 0. The smallest absolute Gasteiger partial charge is 0.310 e. The molecular weight excluding hydrogens is 177 g/mol. The van der Waals surface area contributed by atoms with E-state index in [1.165, 1.54) is 13.3 Å². The number of carbonyl (C=O) groups is 1. The molecule has 70 valence electrons. The fourth-order valence-corrected chi connectivity index (χ4v) is 0.868. The number of hydrogen-bond acceptors (Lipinski definition) is 3. The Balaban J connectivity index is 3.00. The van der Waals surface area contributed by atoms with Crippen LogP contribution < -0.4 is 5.56 Å². The minimum atomic E-state index is -0.700. The van der Waals surface area contributed by atoms with E-state index in [1.807, 2.05) is 0 Å². The molecule has 0 radical (unpaired) electrons. The topological polar surface area (TPSA) is 59.2 Å². The Bertz CT molecular complexity index is 372. The van der Waals surface area contributed by atoms with Crippen molar-refractivity contribution in [2.24, 2.45) is 0 Å². The van der Waals surface area contributed by atoms with Crippen LogP contribution in [0.5, 0.6) is 0 Å². The third-order valence-electron chi connectivity index (χ3n) is 1.56. The number of rotatable bonds is 2. The zero-order valence-electron chi connectivity index (χ0n) is 6.96. The second-order valence-electron chi connectivity index (χ2n) is 2.39. The summed E-state index contributed by atoms with van der Waals surface area (Å²) in [7, 11) is 1.18. The number of nitrogens with one attached hydrogen (secondary N) is 1. The predicted octanol–water partition coefficient (Wildman–Crippen LogP) is 0.229. The van der Waals surface area contributed by atoms with Crippen molar-refractivity contribution in [3.8, 4) is 0 Å². The van der Waals surface area contributed by atoms with Gasteiger partial charge in [-0.1, -0.05) is 0 Å². The molecule has 1 heterocycles. The van der Waals surface area contributed by atoms with Gasteiger partial charge < -0.3 is 9.72 Å². The van der Waals surface area contributed by atoms with E-state index in [4.69, 9.17) is 0 Å². The van der Waals surface area contributed by atoms with Crippen molar-refractivity contribution in [1.29, 1.82) is 0 Å².